The topological polar surface area (TPSA) is 59.1 Å². The standard InChI is InChI=1S/C8H8N2O2S/c1-6-2-3-8-7(9-6)4-5-13(11,12)10-8/h2-5,10H,1H3. The maximum atomic E-state index is 11.1. The molecule has 0 aromatic carbocycles. The molecule has 1 aliphatic heterocycles. The summed E-state index contributed by atoms with van der Waals surface area (Å²) in [5.41, 5.74) is 2.06. The van der Waals surface area contributed by atoms with Crippen LogP contribution in [0.15, 0.2) is 17.5 Å². The summed E-state index contributed by atoms with van der Waals surface area (Å²) in [6.07, 6.45) is 1.49. The average molecular weight is 196 g/mol. The molecule has 2 rings (SSSR count). The lowest BCUT2D eigenvalue weighted by molar-refractivity contribution is 0.609. The van der Waals surface area contributed by atoms with E-state index in [2.05, 4.69) is 9.71 Å². The Morgan fingerprint density at radius 1 is 1.38 bits per heavy atom. The number of hydrogen-bond acceptors (Lipinski definition) is 3. The van der Waals surface area contributed by atoms with Gasteiger partial charge in [0.2, 0.25) is 0 Å². The Kier molecular flexibility index (Phi) is 1.63. The van der Waals surface area contributed by atoms with E-state index < -0.39 is 10.0 Å². The first kappa shape index (κ1) is 8.25. The maximum absolute atomic E-state index is 11.1. The van der Waals surface area contributed by atoms with Gasteiger partial charge in [-0.2, -0.15) is 0 Å². The number of aromatic nitrogens is 1. The number of hydrogen-bond donors (Lipinski definition) is 1. The van der Waals surface area contributed by atoms with E-state index in [4.69, 9.17) is 0 Å². The van der Waals surface area contributed by atoms with Crippen LogP contribution < -0.4 is 4.72 Å². The van der Waals surface area contributed by atoms with Crippen molar-refractivity contribution in [3.8, 4) is 0 Å². The van der Waals surface area contributed by atoms with E-state index in [1.54, 1.807) is 12.1 Å². The highest BCUT2D eigenvalue weighted by Gasteiger charge is 2.14. The van der Waals surface area contributed by atoms with Crippen LogP contribution in [-0.4, -0.2) is 13.4 Å². The second kappa shape index (κ2) is 2.56. The molecule has 0 atom stereocenters. The molecule has 0 saturated carbocycles. The molecule has 5 heteroatoms. The van der Waals surface area contributed by atoms with Crippen molar-refractivity contribution in [3.05, 3.63) is 28.9 Å². The summed E-state index contributed by atoms with van der Waals surface area (Å²) in [7, 11) is -3.28. The summed E-state index contributed by atoms with van der Waals surface area (Å²) in [6.45, 7) is 1.86. The van der Waals surface area contributed by atoms with Crippen molar-refractivity contribution in [2.24, 2.45) is 0 Å². The molecule has 1 N–H and O–H groups in total. The van der Waals surface area contributed by atoms with E-state index in [1.807, 2.05) is 6.92 Å². The minimum absolute atomic E-state index is 0.535. The SMILES string of the molecule is Cc1ccc2c(n1)C=CS(=O)(=O)N2. The van der Waals surface area contributed by atoms with Gasteiger partial charge in [0, 0.05) is 5.69 Å². The molecule has 0 radical (unpaired) electrons. The van der Waals surface area contributed by atoms with Gasteiger partial charge >= 0.3 is 0 Å². The molecule has 0 spiro atoms. The van der Waals surface area contributed by atoms with Crippen LogP contribution in [0.5, 0.6) is 0 Å². The van der Waals surface area contributed by atoms with Gasteiger partial charge < -0.3 is 0 Å². The Balaban J connectivity index is 2.59. The highest BCUT2D eigenvalue weighted by atomic mass is 32.2. The molecule has 0 bridgehead atoms. The van der Waals surface area contributed by atoms with Crippen molar-refractivity contribution in [1.82, 2.24) is 4.98 Å². The normalized spacial score (nSPS) is 17.6. The number of fused-ring (bicyclic) bond motifs is 1. The number of rotatable bonds is 0. The molecule has 0 unspecified atom stereocenters. The van der Waals surface area contributed by atoms with E-state index in [-0.39, 0.29) is 0 Å². The van der Waals surface area contributed by atoms with E-state index in [0.717, 1.165) is 11.1 Å². The Bertz CT molecular complexity index is 477. The van der Waals surface area contributed by atoms with E-state index in [9.17, 15) is 8.42 Å². The Hall–Kier alpha value is -1.36. The van der Waals surface area contributed by atoms with Crippen molar-refractivity contribution in [2.45, 2.75) is 6.92 Å². The van der Waals surface area contributed by atoms with E-state index in [0.29, 0.717) is 11.4 Å². The summed E-state index contributed by atoms with van der Waals surface area (Å²) in [4.78, 5) is 4.17. The van der Waals surface area contributed by atoms with Crippen LogP contribution in [0.4, 0.5) is 5.69 Å². The molecule has 68 valence electrons. The first-order valence-corrected chi connectivity index (χ1v) is 5.30. The third kappa shape index (κ3) is 1.55. The van der Waals surface area contributed by atoms with Crippen LogP contribution in [0.3, 0.4) is 0 Å². The molecule has 0 aliphatic carbocycles. The lowest BCUT2D eigenvalue weighted by atomic mass is 10.2. The summed E-state index contributed by atoms with van der Waals surface area (Å²) >= 11 is 0. The lowest BCUT2D eigenvalue weighted by Gasteiger charge is -2.12. The fourth-order valence-electron chi connectivity index (χ4n) is 1.13. The van der Waals surface area contributed by atoms with Gasteiger partial charge in [-0.05, 0) is 25.1 Å². The van der Waals surface area contributed by atoms with Gasteiger partial charge in [-0.15, -0.1) is 0 Å². The quantitative estimate of drug-likeness (QED) is 0.676. The first-order valence-electron chi connectivity index (χ1n) is 3.75. The van der Waals surface area contributed by atoms with Crippen LogP contribution in [0.2, 0.25) is 0 Å². The Morgan fingerprint density at radius 2 is 2.15 bits per heavy atom. The van der Waals surface area contributed by atoms with Gasteiger partial charge in [0.15, 0.2) is 0 Å². The molecule has 0 amide bonds. The molecule has 1 aliphatic rings. The molecule has 1 aromatic heterocycles. The van der Waals surface area contributed by atoms with Crippen LogP contribution in [0.1, 0.15) is 11.4 Å². The van der Waals surface area contributed by atoms with Gasteiger partial charge in [-0.25, -0.2) is 8.42 Å². The van der Waals surface area contributed by atoms with Crippen LogP contribution >= 0.6 is 0 Å². The fraction of sp³-hybridized carbons (Fsp3) is 0.125. The number of aryl methyl sites for hydroxylation is 1. The average Bonchev–Trinajstić information content (AvgIpc) is 2.05. The second-order valence-corrected chi connectivity index (χ2v) is 4.40. The van der Waals surface area contributed by atoms with Gasteiger partial charge in [0.1, 0.15) is 0 Å². The molecule has 0 fully saturated rings. The molecule has 1 aromatic rings. The van der Waals surface area contributed by atoms with Crippen molar-refractivity contribution in [1.29, 1.82) is 0 Å². The number of anilines is 1. The predicted molar refractivity (Wildman–Crippen MR) is 50.6 cm³/mol. The molecule has 2 heterocycles. The van der Waals surface area contributed by atoms with Crippen LogP contribution in [-0.2, 0) is 10.0 Å². The van der Waals surface area contributed by atoms with Gasteiger partial charge in [-0.3, -0.25) is 9.71 Å². The first-order chi connectivity index (χ1) is 6.07. The molecule has 13 heavy (non-hydrogen) atoms. The van der Waals surface area contributed by atoms with Crippen molar-refractivity contribution < 1.29 is 8.42 Å². The summed E-state index contributed by atoms with van der Waals surface area (Å²) in [5.74, 6) is 0. The predicted octanol–water partition coefficient (Wildman–Crippen LogP) is 1.12. The number of pyridine rings is 1. The lowest BCUT2D eigenvalue weighted by Crippen LogP contribution is -2.13. The monoisotopic (exact) mass is 196 g/mol. The zero-order valence-corrected chi connectivity index (χ0v) is 7.80. The van der Waals surface area contributed by atoms with Gasteiger partial charge in [0.25, 0.3) is 10.0 Å². The highest BCUT2D eigenvalue weighted by Crippen LogP contribution is 2.21. The number of sulfonamides is 1. The summed E-state index contributed by atoms with van der Waals surface area (Å²) in [5, 5.41) is 1.11. The summed E-state index contributed by atoms with van der Waals surface area (Å²) < 4.78 is 24.5. The zero-order chi connectivity index (χ0) is 9.47. The minimum Gasteiger partial charge on any atom is -0.278 e. The Labute approximate surface area is 76.4 Å². The largest absolute Gasteiger partial charge is 0.278 e. The third-order valence-corrected chi connectivity index (χ3v) is 2.72. The van der Waals surface area contributed by atoms with Crippen molar-refractivity contribution >= 4 is 21.8 Å². The number of nitrogens with zero attached hydrogens (tertiary/aromatic N) is 1. The second-order valence-electron chi connectivity index (χ2n) is 2.84. The van der Waals surface area contributed by atoms with E-state index in [1.165, 1.54) is 6.08 Å². The molecular formula is C8H8N2O2S. The molecular weight excluding hydrogens is 188 g/mol. The van der Waals surface area contributed by atoms with Crippen LogP contribution in [0.25, 0.3) is 6.08 Å². The Morgan fingerprint density at radius 3 is 2.92 bits per heavy atom. The highest BCUT2D eigenvalue weighted by molar-refractivity contribution is 7.95. The zero-order valence-electron chi connectivity index (χ0n) is 6.98. The molecule has 0 saturated heterocycles. The molecule has 4 nitrogen and oxygen atoms in total. The van der Waals surface area contributed by atoms with Crippen LogP contribution in [0, 0.1) is 6.92 Å². The van der Waals surface area contributed by atoms with Gasteiger partial charge in [0.05, 0.1) is 16.8 Å². The van der Waals surface area contributed by atoms with Crippen molar-refractivity contribution in [2.75, 3.05) is 4.72 Å². The number of nitrogens with one attached hydrogen (secondary N) is 1. The maximum Gasteiger partial charge on any atom is 0.255 e. The fourth-order valence-corrected chi connectivity index (χ4v) is 1.99. The third-order valence-electron chi connectivity index (χ3n) is 1.72. The smallest absolute Gasteiger partial charge is 0.255 e. The van der Waals surface area contributed by atoms with E-state index >= 15 is 0 Å². The van der Waals surface area contributed by atoms with Gasteiger partial charge in [-0.1, -0.05) is 0 Å². The minimum atomic E-state index is -3.28. The summed E-state index contributed by atoms with van der Waals surface area (Å²) in [6, 6.07) is 3.47. The van der Waals surface area contributed by atoms with Crippen molar-refractivity contribution in [3.63, 3.8) is 0 Å².